The lowest BCUT2D eigenvalue weighted by atomic mass is 9.99. The van der Waals surface area contributed by atoms with E-state index in [0.717, 1.165) is 33.4 Å². The number of aliphatic hydroxyl groups excluding tert-OH is 1. The first kappa shape index (κ1) is 34.6. The number of aliphatic hydroxyl groups is 1. The molecular formula is C36H35F3N4O5S. The SMILES string of the molecule is O=C(NCc1cccc(-c2ccc([C@H]3O[C@@H](CSc4ncccn4)C[C@@H](c4ccc(CO)cc4)O3)cc2)c1)[C@@H]1CCCN1C(=O)C(F)(F)F. The highest BCUT2D eigenvalue weighted by Crippen LogP contribution is 2.39. The second-order valence-corrected chi connectivity index (χ2v) is 12.9. The van der Waals surface area contributed by atoms with Gasteiger partial charge in [0.2, 0.25) is 5.91 Å². The second-order valence-electron chi connectivity index (χ2n) is 11.9. The number of nitrogens with one attached hydrogen (secondary N) is 1. The molecule has 9 nitrogen and oxygen atoms in total. The molecule has 2 N–H and O–H groups in total. The molecule has 4 atom stereocenters. The van der Waals surface area contributed by atoms with Crippen LogP contribution in [0.4, 0.5) is 13.2 Å². The molecule has 1 aromatic heterocycles. The summed E-state index contributed by atoms with van der Waals surface area (Å²) in [6.45, 7) is -0.0306. The van der Waals surface area contributed by atoms with E-state index in [0.29, 0.717) is 28.7 Å². The van der Waals surface area contributed by atoms with Crippen LogP contribution in [-0.4, -0.2) is 62.4 Å². The fourth-order valence-corrected chi connectivity index (χ4v) is 6.82. The number of alkyl halides is 3. The van der Waals surface area contributed by atoms with Crippen molar-refractivity contribution in [1.29, 1.82) is 0 Å². The van der Waals surface area contributed by atoms with Crippen molar-refractivity contribution in [2.24, 2.45) is 0 Å². The lowest BCUT2D eigenvalue weighted by Crippen LogP contribution is -2.50. The molecule has 13 heteroatoms. The van der Waals surface area contributed by atoms with Crippen LogP contribution >= 0.6 is 11.8 Å². The van der Waals surface area contributed by atoms with E-state index in [-0.39, 0.29) is 38.3 Å². The van der Waals surface area contributed by atoms with Crippen LogP contribution in [0.5, 0.6) is 0 Å². The Labute approximate surface area is 285 Å². The van der Waals surface area contributed by atoms with Gasteiger partial charge in [-0.25, -0.2) is 9.97 Å². The summed E-state index contributed by atoms with van der Waals surface area (Å²) in [5.74, 6) is -1.95. The summed E-state index contributed by atoms with van der Waals surface area (Å²) in [6.07, 6.45) is -1.47. The Morgan fingerprint density at radius 2 is 1.65 bits per heavy atom. The molecule has 2 amide bonds. The van der Waals surface area contributed by atoms with Gasteiger partial charge in [0.25, 0.3) is 0 Å². The van der Waals surface area contributed by atoms with Crippen LogP contribution in [-0.2, 0) is 32.2 Å². The summed E-state index contributed by atoms with van der Waals surface area (Å²) in [5.41, 5.74) is 5.21. The molecule has 0 saturated carbocycles. The molecular weight excluding hydrogens is 657 g/mol. The average Bonchev–Trinajstić information content (AvgIpc) is 3.63. The lowest BCUT2D eigenvalue weighted by Gasteiger charge is -2.36. The first-order valence-electron chi connectivity index (χ1n) is 15.9. The molecule has 2 saturated heterocycles. The molecule has 0 spiro atoms. The van der Waals surface area contributed by atoms with Gasteiger partial charge in [-0.3, -0.25) is 9.59 Å². The number of hydrogen-bond donors (Lipinski definition) is 2. The minimum atomic E-state index is -5.02. The molecule has 256 valence electrons. The molecule has 6 rings (SSSR count). The molecule has 4 aromatic rings. The molecule has 2 aliphatic heterocycles. The van der Waals surface area contributed by atoms with Gasteiger partial charge >= 0.3 is 12.1 Å². The van der Waals surface area contributed by atoms with E-state index in [2.05, 4.69) is 15.3 Å². The highest BCUT2D eigenvalue weighted by atomic mass is 32.2. The average molecular weight is 693 g/mol. The van der Waals surface area contributed by atoms with Gasteiger partial charge in [0, 0.05) is 43.2 Å². The minimum Gasteiger partial charge on any atom is -0.392 e. The van der Waals surface area contributed by atoms with Gasteiger partial charge < -0.3 is 24.8 Å². The normalized spacial score (nSPS) is 21.0. The minimum absolute atomic E-state index is 0.0372. The van der Waals surface area contributed by atoms with Gasteiger partial charge in [-0.15, -0.1) is 0 Å². The zero-order chi connectivity index (χ0) is 34.4. The summed E-state index contributed by atoms with van der Waals surface area (Å²) in [4.78, 5) is 33.8. The van der Waals surface area contributed by atoms with Crippen LogP contribution in [0.15, 0.2) is 96.4 Å². The smallest absolute Gasteiger partial charge is 0.392 e. The molecule has 0 aliphatic carbocycles. The highest BCUT2D eigenvalue weighted by Gasteiger charge is 2.47. The zero-order valence-electron chi connectivity index (χ0n) is 26.4. The summed E-state index contributed by atoms with van der Waals surface area (Å²) < 4.78 is 51.9. The maximum atomic E-state index is 13.0. The van der Waals surface area contributed by atoms with Crippen LogP contribution in [0, 0.1) is 0 Å². The number of halogens is 3. The highest BCUT2D eigenvalue weighted by molar-refractivity contribution is 7.99. The standard InChI is InChI=1S/C36H35F3N4O5S/c37-36(38,39)34(46)43-17-2-6-30(43)32(45)42-20-24-4-1-5-28(18-24)25-11-13-27(14-12-25)33-47-29(22-49-35-40-15-3-16-41-35)19-31(48-33)26-9-7-23(21-44)8-10-26/h1,3-5,7-16,18,29-31,33,44H,2,6,17,19-22H2,(H,42,45)/t29-,30+,31+,33+/m1/s1. The van der Waals surface area contributed by atoms with Gasteiger partial charge in [0.05, 0.1) is 18.8 Å². The second kappa shape index (κ2) is 15.5. The number of likely N-dealkylation sites (tertiary alicyclic amines) is 1. The summed E-state index contributed by atoms with van der Waals surface area (Å²) >= 11 is 1.52. The Morgan fingerprint density at radius 3 is 2.37 bits per heavy atom. The lowest BCUT2D eigenvalue weighted by molar-refractivity contribution is -0.245. The van der Waals surface area contributed by atoms with E-state index in [4.69, 9.17) is 9.47 Å². The van der Waals surface area contributed by atoms with Gasteiger partial charge in [-0.2, -0.15) is 13.2 Å². The van der Waals surface area contributed by atoms with Gasteiger partial charge in [-0.1, -0.05) is 78.5 Å². The van der Waals surface area contributed by atoms with Crippen LogP contribution < -0.4 is 5.32 Å². The van der Waals surface area contributed by atoms with Crippen molar-refractivity contribution < 1.29 is 37.3 Å². The number of rotatable bonds is 10. The number of aromatic nitrogens is 2. The zero-order valence-corrected chi connectivity index (χ0v) is 27.2. The Bertz CT molecular complexity index is 1730. The summed E-state index contributed by atoms with van der Waals surface area (Å²) in [5, 5.41) is 12.9. The Hall–Kier alpha value is -4.30. The van der Waals surface area contributed by atoms with Crippen LogP contribution in [0.25, 0.3) is 11.1 Å². The number of ether oxygens (including phenoxy) is 2. The van der Waals surface area contributed by atoms with Crippen molar-refractivity contribution >= 4 is 23.6 Å². The Balaban J connectivity index is 1.12. The van der Waals surface area contributed by atoms with Crippen molar-refractivity contribution in [2.45, 2.75) is 68.3 Å². The molecule has 0 radical (unpaired) electrons. The monoisotopic (exact) mass is 692 g/mol. The summed E-state index contributed by atoms with van der Waals surface area (Å²) in [7, 11) is 0. The molecule has 3 heterocycles. The predicted molar refractivity (Wildman–Crippen MR) is 176 cm³/mol. The van der Waals surface area contributed by atoms with Crippen molar-refractivity contribution in [3.05, 3.63) is 114 Å². The van der Waals surface area contributed by atoms with Crippen molar-refractivity contribution in [2.75, 3.05) is 12.3 Å². The molecule has 2 aliphatic rings. The number of nitrogens with zero attached hydrogens (tertiary/aromatic N) is 3. The third-order valence-electron chi connectivity index (χ3n) is 8.52. The number of hydrogen-bond acceptors (Lipinski definition) is 8. The van der Waals surface area contributed by atoms with Gasteiger partial charge in [0.15, 0.2) is 11.4 Å². The predicted octanol–water partition coefficient (Wildman–Crippen LogP) is 6.14. The van der Waals surface area contributed by atoms with Gasteiger partial charge in [-0.05, 0) is 52.8 Å². The molecule has 3 aromatic carbocycles. The molecule has 0 bridgehead atoms. The van der Waals surface area contributed by atoms with Crippen molar-refractivity contribution in [3.63, 3.8) is 0 Å². The Morgan fingerprint density at radius 1 is 0.918 bits per heavy atom. The number of benzene rings is 3. The fraction of sp³-hybridized carbons (Fsp3) is 0.333. The largest absolute Gasteiger partial charge is 0.471 e. The van der Waals surface area contributed by atoms with E-state index < -0.39 is 30.3 Å². The molecule has 2 fully saturated rings. The first-order chi connectivity index (χ1) is 23.7. The first-order valence-corrected chi connectivity index (χ1v) is 16.9. The molecule has 49 heavy (non-hydrogen) atoms. The maximum Gasteiger partial charge on any atom is 0.471 e. The van der Waals surface area contributed by atoms with Crippen LogP contribution in [0.2, 0.25) is 0 Å². The topological polar surface area (TPSA) is 114 Å². The van der Waals surface area contributed by atoms with E-state index in [1.54, 1.807) is 18.5 Å². The number of carbonyl (C=O) groups excluding carboxylic acids is 2. The Kier molecular flexibility index (Phi) is 10.9. The van der Waals surface area contributed by atoms with E-state index in [9.17, 15) is 27.9 Å². The van der Waals surface area contributed by atoms with E-state index in [1.807, 2.05) is 72.8 Å². The number of thioether (sulfide) groups is 1. The van der Waals surface area contributed by atoms with Crippen molar-refractivity contribution in [3.8, 4) is 11.1 Å². The third-order valence-corrected chi connectivity index (χ3v) is 9.53. The van der Waals surface area contributed by atoms with Crippen LogP contribution in [0.3, 0.4) is 0 Å². The fourth-order valence-electron chi connectivity index (χ4n) is 6.00. The number of carbonyl (C=O) groups is 2. The van der Waals surface area contributed by atoms with Crippen LogP contribution in [0.1, 0.15) is 53.9 Å². The summed E-state index contributed by atoms with van der Waals surface area (Å²) in [6, 6.07) is 23.6. The van der Waals surface area contributed by atoms with Crippen molar-refractivity contribution in [1.82, 2.24) is 20.2 Å². The quantitative estimate of drug-likeness (QED) is 0.151. The van der Waals surface area contributed by atoms with Gasteiger partial charge in [0.1, 0.15) is 6.04 Å². The van der Waals surface area contributed by atoms with E-state index in [1.165, 1.54) is 11.8 Å². The van der Waals surface area contributed by atoms with E-state index >= 15 is 0 Å². The number of amides is 2. The maximum absolute atomic E-state index is 13.0. The molecule has 0 unspecified atom stereocenters. The third kappa shape index (κ3) is 8.66.